The van der Waals surface area contributed by atoms with E-state index in [1.54, 1.807) is 18.0 Å². The summed E-state index contributed by atoms with van der Waals surface area (Å²) in [6.45, 7) is 4.03. The van der Waals surface area contributed by atoms with Gasteiger partial charge in [-0.1, -0.05) is 29.5 Å². The highest BCUT2D eigenvalue weighted by molar-refractivity contribution is 7.99. The first-order valence-corrected chi connectivity index (χ1v) is 5.94. The van der Waals surface area contributed by atoms with Crippen molar-refractivity contribution in [2.45, 2.75) is 30.2 Å². The van der Waals surface area contributed by atoms with Crippen molar-refractivity contribution in [3.05, 3.63) is 47.4 Å². The van der Waals surface area contributed by atoms with Crippen molar-refractivity contribution in [2.24, 2.45) is 0 Å². The van der Waals surface area contributed by atoms with Crippen LogP contribution in [0.25, 0.3) is 0 Å². The van der Waals surface area contributed by atoms with Crippen molar-refractivity contribution in [1.82, 2.24) is 0 Å². The first kappa shape index (κ1) is 11.3. The molecule has 0 aliphatic carbocycles. The Morgan fingerprint density at radius 1 is 1.19 bits per heavy atom. The van der Waals surface area contributed by atoms with Gasteiger partial charge in [0.1, 0.15) is 5.76 Å². The molecule has 84 valence electrons. The summed E-state index contributed by atoms with van der Waals surface area (Å²) >= 11 is 1.63. The molecule has 0 radical (unpaired) electrons. The van der Waals surface area contributed by atoms with E-state index in [0.29, 0.717) is 0 Å². The number of rotatable bonds is 3. The summed E-state index contributed by atoms with van der Waals surface area (Å²) in [5.74, 6) is 0.912. The number of hydrogen-bond acceptors (Lipinski definition) is 3. The van der Waals surface area contributed by atoms with Crippen molar-refractivity contribution < 1.29 is 9.52 Å². The molecule has 1 aromatic carbocycles. The van der Waals surface area contributed by atoms with E-state index in [2.05, 4.69) is 6.07 Å². The van der Waals surface area contributed by atoms with Crippen molar-refractivity contribution in [2.75, 3.05) is 0 Å². The number of aliphatic hydroxyl groups is 1. The van der Waals surface area contributed by atoms with Gasteiger partial charge in [-0.05, 0) is 31.5 Å². The molecule has 1 N–H and O–H groups in total. The van der Waals surface area contributed by atoms with Gasteiger partial charge in [-0.2, -0.15) is 0 Å². The summed E-state index contributed by atoms with van der Waals surface area (Å²) in [6.07, 6.45) is 1.68. The van der Waals surface area contributed by atoms with Crippen LogP contribution in [0, 0.1) is 13.8 Å². The number of aliphatic hydroxyl groups excluding tert-OH is 1. The summed E-state index contributed by atoms with van der Waals surface area (Å²) < 4.78 is 5.25. The highest BCUT2D eigenvalue weighted by Crippen LogP contribution is 2.33. The zero-order valence-corrected chi connectivity index (χ0v) is 10.2. The van der Waals surface area contributed by atoms with Gasteiger partial charge in [0, 0.05) is 4.90 Å². The van der Waals surface area contributed by atoms with E-state index in [1.165, 1.54) is 0 Å². The molecule has 0 spiro atoms. The Kier molecular flexibility index (Phi) is 3.36. The van der Waals surface area contributed by atoms with Gasteiger partial charge in [0.15, 0.2) is 0 Å². The van der Waals surface area contributed by atoms with E-state index in [0.717, 1.165) is 26.7 Å². The van der Waals surface area contributed by atoms with Crippen molar-refractivity contribution in [3.8, 4) is 0 Å². The SMILES string of the molecule is Cc1ccc(Sc2ccoc2C)c(CO)c1. The molecule has 1 heterocycles. The molecule has 0 aliphatic heterocycles. The van der Waals surface area contributed by atoms with Gasteiger partial charge in [0.25, 0.3) is 0 Å². The molecule has 2 aromatic rings. The smallest absolute Gasteiger partial charge is 0.114 e. The van der Waals surface area contributed by atoms with Crippen LogP contribution in [0.4, 0.5) is 0 Å². The Morgan fingerprint density at radius 3 is 2.62 bits per heavy atom. The maximum atomic E-state index is 9.30. The van der Waals surface area contributed by atoms with Gasteiger partial charge in [-0.3, -0.25) is 0 Å². The van der Waals surface area contributed by atoms with Crippen LogP contribution < -0.4 is 0 Å². The Balaban J connectivity index is 2.31. The monoisotopic (exact) mass is 234 g/mol. The molecular weight excluding hydrogens is 220 g/mol. The lowest BCUT2D eigenvalue weighted by Gasteiger charge is -2.07. The van der Waals surface area contributed by atoms with E-state index in [1.807, 2.05) is 32.0 Å². The maximum Gasteiger partial charge on any atom is 0.114 e. The summed E-state index contributed by atoms with van der Waals surface area (Å²) in [4.78, 5) is 2.18. The zero-order valence-electron chi connectivity index (χ0n) is 9.36. The maximum absolute atomic E-state index is 9.30. The number of hydrogen-bond donors (Lipinski definition) is 1. The Hall–Kier alpha value is -1.19. The topological polar surface area (TPSA) is 33.4 Å². The van der Waals surface area contributed by atoms with Gasteiger partial charge in [0.2, 0.25) is 0 Å². The van der Waals surface area contributed by atoms with E-state index in [4.69, 9.17) is 4.42 Å². The number of furan rings is 1. The molecule has 0 aliphatic rings. The predicted molar refractivity (Wildman–Crippen MR) is 64.7 cm³/mol. The number of aryl methyl sites for hydroxylation is 2. The molecule has 0 amide bonds. The van der Waals surface area contributed by atoms with Crippen LogP contribution in [0.5, 0.6) is 0 Å². The normalized spacial score (nSPS) is 10.7. The van der Waals surface area contributed by atoms with E-state index < -0.39 is 0 Å². The molecular formula is C13H14O2S. The van der Waals surface area contributed by atoms with Gasteiger partial charge in [0.05, 0.1) is 17.8 Å². The molecule has 0 saturated heterocycles. The fourth-order valence-corrected chi connectivity index (χ4v) is 2.47. The highest BCUT2D eigenvalue weighted by Gasteiger charge is 2.07. The molecule has 0 atom stereocenters. The second-order valence-electron chi connectivity index (χ2n) is 3.71. The van der Waals surface area contributed by atoms with Crippen LogP contribution in [0.1, 0.15) is 16.9 Å². The van der Waals surface area contributed by atoms with Gasteiger partial charge >= 0.3 is 0 Å². The molecule has 0 bridgehead atoms. The fraction of sp³-hybridized carbons (Fsp3) is 0.231. The first-order valence-electron chi connectivity index (χ1n) is 5.13. The van der Waals surface area contributed by atoms with Crippen LogP contribution in [-0.4, -0.2) is 5.11 Å². The third kappa shape index (κ3) is 2.31. The Morgan fingerprint density at radius 2 is 2.00 bits per heavy atom. The Labute approximate surface area is 99.3 Å². The Bertz CT molecular complexity index is 488. The summed E-state index contributed by atoms with van der Waals surface area (Å²) in [7, 11) is 0. The molecule has 0 fully saturated rings. The van der Waals surface area contributed by atoms with Crippen LogP contribution in [-0.2, 0) is 6.61 Å². The lowest BCUT2D eigenvalue weighted by atomic mass is 10.1. The molecule has 1 aromatic heterocycles. The van der Waals surface area contributed by atoms with E-state index in [9.17, 15) is 5.11 Å². The summed E-state index contributed by atoms with van der Waals surface area (Å²) in [5.41, 5.74) is 2.13. The summed E-state index contributed by atoms with van der Waals surface area (Å²) in [5, 5.41) is 9.30. The minimum atomic E-state index is 0.0703. The molecule has 3 heteroatoms. The van der Waals surface area contributed by atoms with Crippen LogP contribution >= 0.6 is 11.8 Å². The highest BCUT2D eigenvalue weighted by atomic mass is 32.2. The second kappa shape index (κ2) is 4.76. The molecule has 2 rings (SSSR count). The molecule has 0 saturated carbocycles. The van der Waals surface area contributed by atoms with Gasteiger partial charge in [-0.15, -0.1) is 0 Å². The third-order valence-corrected chi connectivity index (χ3v) is 3.68. The van der Waals surface area contributed by atoms with Crippen molar-refractivity contribution >= 4 is 11.8 Å². The molecule has 16 heavy (non-hydrogen) atoms. The largest absolute Gasteiger partial charge is 0.468 e. The van der Waals surface area contributed by atoms with Crippen molar-refractivity contribution in [1.29, 1.82) is 0 Å². The standard InChI is InChI=1S/C13H14O2S/c1-9-3-4-13(11(7-9)8-14)16-12-5-6-15-10(12)2/h3-7,14H,8H2,1-2H3. The van der Waals surface area contributed by atoms with Crippen LogP contribution in [0.15, 0.2) is 44.7 Å². The van der Waals surface area contributed by atoms with E-state index in [-0.39, 0.29) is 6.61 Å². The average Bonchev–Trinajstić information content (AvgIpc) is 2.67. The minimum absolute atomic E-state index is 0.0703. The van der Waals surface area contributed by atoms with E-state index >= 15 is 0 Å². The van der Waals surface area contributed by atoms with Gasteiger partial charge in [-0.25, -0.2) is 0 Å². The fourth-order valence-electron chi connectivity index (χ4n) is 1.53. The molecule has 2 nitrogen and oxygen atoms in total. The lowest BCUT2D eigenvalue weighted by Crippen LogP contribution is -1.88. The number of benzene rings is 1. The predicted octanol–water partition coefficient (Wildman–Crippen LogP) is 3.54. The average molecular weight is 234 g/mol. The van der Waals surface area contributed by atoms with Crippen LogP contribution in [0.2, 0.25) is 0 Å². The second-order valence-corrected chi connectivity index (χ2v) is 4.80. The molecule has 0 unspecified atom stereocenters. The van der Waals surface area contributed by atoms with Gasteiger partial charge < -0.3 is 9.52 Å². The quantitative estimate of drug-likeness (QED) is 0.881. The summed E-state index contributed by atoms with van der Waals surface area (Å²) in [6, 6.07) is 8.05. The zero-order chi connectivity index (χ0) is 11.5. The lowest BCUT2D eigenvalue weighted by molar-refractivity contribution is 0.279. The van der Waals surface area contributed by atoms with Crippen LogP contribution in [0.3, 0.4) is 0 Å². The first-order chi connectivity index (χ1) is 7.70. The van der Waals surface area contributed by atoms with Crippen molar-refractivity contribution in [3.63, 3.8) is 0 Å². The minimum Gasteiger partial charge on any atom is -0.468 e. The third-order valence-electron chi connectivity index (χ3n) is 2.42.